The van der Waals surface area contributed by atoms with E-state index in [9.17, 15) is 0 Å². The molecule has 1 aromatic heterocycles. The van der Waals surface area contributed by atoms with Gasteiger partial charge < -0.3 is 4.74 Å². The van der Waals surface area contributed by atoms with Gasteiger partial charge in [-0.3, -0.25) is 4.68 Å². The van der Waals surface area contributed by atoms with Crippen molar-refractivity contribution in [3.63, 3.8) is 0 Å². The van der Waals surface area contributed by atoms with Crippen LogP contribution in [-0.4, -0.2) is 16.4 Å². The van der Waals surface area contributed by atoms with Crippen molar-refractivity contribution in [1.29, 1.82) is 0 Å². The molecule has 0 aliphatic rings. The largest absolute Gasteiger partial charge is 0.486 e. The molecule has 3 heteroatoms. The number of hydrogen-bond acceptors (Lipinski definition) is 2. The van der Waals surface area contributed by atoms with Crippen LogP contribution in [0, 0.1) is 0 Å². The maximum absolute atomic E-state index is 5.36. The molecule has 0 bridgehead atoms. The molecular weight excluding hydrogens is 152 g/mol. The van der Waals surface area contributed by atoms with Gasteiger partial charge in [0.2, 0.25) is 0 Å². The summed E-state index contributed by atoms with van der Waals surface area (Å²) in [6, 6.07) is 0. The zero-order chi connectivity index (χ0) is 8.81. The van der Waals surface area contributed by atoms with Crippen molar-refractivity contribution >= 4 is 0 Å². The van der Waals surface area contributed by atoms with E-state index in [1.807, 2.05) is 36.9 Å². The standard InChI is InChI=1S/C9H14N2O/c1-3-5-6-12-9-7-10-11(4-2)8-9/h3,5,7-8H,4,6H2,1-2H3/b5-3+. The molecule has 0 amide bonds. The van der Waals surface area contributed by atoms with Crippen LogP contribution in [0.5, 0.6) is 5.75 Å². The molecule has 12 heavy (non-hydrogen) atoms. The molecule has 1 heterocycles. The first-order valence-electron chi connectivity index (χ1n) is 4.13. The lowest BCUT2D eigenvalue weighted by molar-refractivity contribution is 0.362. The van der Waals surface area contributed by atoms with Crippen molar-refractivity contribution in [3.05, 3.63) is 24.5 Å². The Morgan fingerprint density at radius 1 is 1.67 bits per heavy atom. The van der Waals surface area contributed by atoms with E-state index >= 15 is 0 Å². The number of allylic oxidation sites excluding steroid dienone is 1. The predicted octanol–water partition coefficient (Wildman–Crippen LogP) is 1.86. The molecule has 0 atom stereocenters. The van der Waals surface area contributed by atoms with Gasteiger partial charge in [-0.2, -0.15) is 5.10 Å². The van der Waals surface area contributed by atoms with Gasteiger partial charge in [-0.15, -0.1) is 0 Å². The van der Waals surface area contributed by atoms with Crippen LogP contribution < -0.4 is 4.74 Å². The van der Waals surface area contributed by atoms with Gasteiger partial charge in [0.05, 0.1) is 12.4 Å². The fourth-order valence-electron chi connectivity index (χ4n) is 0.833. The fourth-order valence-corrected chi connectivity index (χ4v) is 0.833. The number of rotatable bonds is 4. The van der Waals surface area contributed by atoms with E-state index in [2.05, 4.69) is 5.10 Å². The molecule has 66 valence electrons. The summed E-state index contributed by atoms with van der Waals surface area (Å²) in [7, 11) is 0. The molecule has 0 saturated carbocycles. The summed E-state index contributed by atoms with van der Waals surface area (Å²) in [5.74, 6) is 0.829. The Morgan fingerprint density at radius 3 is 3.08 bits per heavy atom. The van der Waals surface area contributed by atoms with Crippen LogP contribution in [0.25, 0.3) is 0 Å². The maximum Gasteiger partial charge on any atom is 0.157 e. The minimum Gasteiger partial charge on any atom is -0.486 e. The van der Waals surface area contributed by atoms with Gasteiger partial charge in [-0.05, 0) is 13.8 Å². The Balaban J connectivity index is 2.41. The van der Waals surface area contributed by atoms with Crippen molar-refractivity contribution in [2.75, 3.05) is 6.61 Å². The SMILES string of the molecule is C/C=C/COc1cnn(CC)c1. The predicted molar refractivity (Wildman–Crippen MR) is 48.2 cm³/mol. The van der Waals surface area contributed by atoms with E-state index in [1.54, 1.807) is 6.20 Å². The fraction of sp³-hybridized carbons (Fsp3) is 0.444. The Hall–Kier alpha value is -1.25. The Kier molecular flexibility index (Phi) is 3.38. The highest BCUT2D eigenvalue weighted by molar-refractivity contribution is 5.11. The first-order valence-corrected chi connectivity index (χ1v) is 4.13. The van der Waals surface area contributed by atoms with Crippen molar-refractivity contribution in [3.8, 4) is 5.75 Å². The molecule has 0 aliphatic carbocycles. The van der Waals surface area contributed by atoms with E-state index in [-0.39, 0.29) is 0 Å². The van der Waals surface area contributed by atoms with Crippen LogP contribution in [-0.2, 0) is 6.54 Å². The van der Waals surface area contributed by atoms with Crippen molar-refractivity contribution in [1.82, 2.24) is 9.78 Å². The third-order valence-electron chi connectivity index (χ3n) is 1.52. The maximum atomic E-state index is 5.36. The summed E-state index contributed by atoms with van der Waals surface area (Å²) in [5.41, 5.74) is 0. The Bertz CT molecular complexity index is 253. The number of nitrogens with zero attached hydrogens (tertiary/aromatic N) is 2. The second kappa shape index (κ2) is 4.59. The lowest BCUT2D eigenvalue weighted by atomic mass is 10.5. The van der Waals surface area contributed by atoms with Gasteiger partial charge in [-0.1, -0.05) is 12.2 Å². The average molecular weight is 166 g/mol. The molecule has 0 radical (unpaired) electrons. The quantitative estimate of drug-likeness (QED) is 0.638. The van der Waals surface area contributed by atoms with E-state index in [4.69, 9.17) is 4.74 Å². The topological polar surface area (TPSA) is 27.1 Å². The number of hydrogen-bond donors (Lipinski definition) is 0. The van der Waals surface area contributed by atoms with Crippen molar-refractivity contribution in [2.45, 2.75) is 20.4 Å². The molecule has 0 aromatic carbocycles. The first kappa shape index (κ1) is 8.84. The van der Waals surface area contributed by atoms with Gasteiger partial charge in [0.15, 0.2) is 5.75 Å². The highest BCUT2D eigenvalue weighted by Crippen LogP contribution is 2.07. The molecule has 1 rings (SSSR count). The Labute approximate surface area is 72.7 Å². The first-order chi connectivity index (χ1) is 5.86. The molecule has 0 unspecified atom stereocenters. The lowest BCUT2D eigenvalue weighted by Gasteiger charge is -1.96. The summed E-state index contributed by atoms with van der Waals surface area (Å²) >= 11 is 0. The molecule has 0 saturated heterocycles. The van der Waals surface area contributed by atoms with Crippen LogP contribution in [0.15, 0.2) is 24.5 Å². The molecule has 3 nitrogen and oxygen atoms in total. The van der Waals surface area contributed by atoms with Crippen LogP contribution in [0.3, 0.4) is 0 Å². The zero-order valence-electron chi connectivity index (χ0n) is 7.53. The van der Waals surface area contributed by atoms with Crippen molar-refractivity contribution in [2.24, 2.45) is 0 Å². The number of aryl methyl sites for hydroxylation is 1. The third kappa shape index (κ3) is 2.42. The summed E-state index contributed by atoms with van der Waals surface area (Å²) in [6.45, 7) is 5.51. The van der Waals surface area contributed by atoms with E-state index in [0.29, 0.717) is 6.61 Å². The average Bonchev–Trinajstić information content (AvgIpc) is 2.53. The second-order valence-electron chi connectivity index (χ2n) is 2.41. The van der Waals surface area contributed by atoms with Gasteiger partial charge in [-0.25, -0.2) is 0 Å². The Morgan fingerprint density at radius 2 is 2.50 bits per heavy atom. The summed E-state index contributed by atoms with van der Waals surface area (Å²) in [6.07, 6.45) is 7.55. The van der Waals surface area contributed by atoms with Crippen molar-refractivity contribution < 1.29 is 4.74 Å². The third-order valence-corrected chi connectivity index (χ3v) is 1.52. The molecule has 1 aromatic rings. The minimum atomic E-state index is 0.617. The minimum absolute atomic E-state index is 0.617. The normalized spacial score (nSPS) is 10.8. The smallest absolute Gasteiger partial charge is 0.157 e. The summed E-state index contributed by atoms with van der Waals surface area (Å²) < 4.78 is 7.20. The van der Waals surface area contributed by atoms with E-state index in [1.165, 1.54) is 0 Å². The van der Waals surface area contributed by atoms with E-state index in [0.717, 1.165) is 12.3 Å². The zero-order valence-corrected chi connectivity index (χ0v) is 7.53. The van der Waals surface area contributed by atoms with Gasteiger partial charge in [0, 0.05) is 6.54 Å². The number of ether oxygens (including phenoxy) is 1. The molecule has 0 spiro atoms. The van der Waals surface area contributed by atoms with Gasteiger partial charge >= 0.3 is 0 Å². The second-order valence-corrected chi connectivity index (χ2v) is 2.41. The van der Waals surface area contributed by atoms with E-state index < -0.39 is 0 Å². The van der Waals surface area contributed by atoms with Gasteiger partial charge in [0.25, 0.3) is 0 Å². The number of aromatic nitrogens is 2. The molecule has 0 aliphatic heterocycles. The van der Waals surface area contributed by atoms with Crippen LogP contribution in [0.1, 0.15) is 13.8 Å². The van der Waals surface area contributed by atoms with Gasteiger partial charge in [0.1, 0.15) is 6.61 Å². The van der Waals surface area contributed by atoms with Crippen LogP contribution in [0.2, 0.25) is 0 Å². The van der Waals surface area contributed by atoms with Crippen LogP contribution in [0.4, 0.5) is 0 Å². The molecule has 0 fully saturated rings. The lowest BCUT2D eigenvalue weighted by Crippen LogP contribution is -1.93. The highest BCUT2D eigenvalue weighted by atomic mass is 16.5. The summed E-state index contributed by atoms with van der Waals surface area (Å²) in [4.78, 5) is 0. The monoisotopic (exact) mass is 166 g/mol. The molecule has 0 N–H and O–H groups in total. The molecular formula is C9H14N2O. The summed E-state index contributed by atoms with van der Waals surface area (Å²) in [5, 5.41) is 4.08. The highest BCUT2D eigenvalue weighted by Gasteiger charge is 1.94. The van der Waals surface area contributed by atoms with Crippen LogP contribution >= 0.6 is 0 Å².